The molecular formula is C21H23N3O5. The van der Waals surface area contributed by atoms with Crippen molar-refractivity contribution in [3.8, 4) is 17.2 Å². The Balaban J connectivity index is 1.34. The number of nitrogens with zero attached hydrogens (tertiary/aromatic N) is 1. The molecule has 3 aromatic rings. The monoisotopic (exact) mass is 397 g/mol. The third-order valence-electron chi connectivity index (χ3n) is 4.73. The van der Waals surface area contributed by atoms with Crippen LogP contribution in [0.4, 0.5) is 0 Å². The van der Waals surface area contributed by atoms with Crippen molar-refractivity contribution in [3.05, 3.63) is 48.2 Å². The highest BCUT2D eigenvalue weighted by atomic mass is 16.5. The van der Waals surface area contributed by atoms with Crippen LogP contribution in [0, 0.1) is 0 Å². The summed E-state index contributed by atoms with van der Waals surface area (Å²) in [6.45, 7) is 2.53. The van der Waals surface area contributed by atoms with E-state index < -0.39 is 5.91 Å². The van der Waals surface area contributed by atoms with Crippen LogP contribution in [0.5, 0.6) is 17.2 Å². The summed E-state index contributed by atoms with van der Waals surface area (Å²) in [5, 5.41) is 7.60. The summed E-state index contributed by atoms with van der Waals surface area (Å²) in [6.07, 6.45) is 3.76. The molecule has 29 heavy (non-hydrogen) atoms. The highest BCUT2D eigenvalue weighted by molar-refractivity contribution is 6.00. The van der Waals surface area contributed by atoms with Gasteiger partial charge in [0.15, 0.2) is 0 Å². The number of aromatic nitrogens is 2. The normalized spacial score (nSPS) is 14.8. The van der Waals surface area contributed by atoms with E-state index in [2.05, 4.69) is 10.2 Å². The van der Waals surface area contributed by atoms with E-state index in [-0.39, 0.29) is 6.10 Å². The van der Waals surface area contributed by atoms with Gasteiger partial charge in [-0.25, -0.2) is 0 Å². The zero-order chi connectivity index (χ0) is 20.1. The summed E-state index contributed by atoms with van der Waals surface area (Å²) in [7, 11) is 0. The molecule has 0 atom stereocenters. The number of carbonyl (C=O) groups is 1. The molecule has 0 saturated carbocycles. The number of benzene rings is 2. The molecule has 152 valence electrons. The van der Waals surface area contributed by atoms with Crippen molar-refractivity contribution in [3.63, 3.8) is 0 Å². The Morgan fingerprint density at radius 2 is 1.90 bits per heavy atom. The predicted octanol–water partition coefficient (Wildman–Crippen LogP) is 3.03. The second-order valence-corrected chi connectivity index (χ2v) is 6.77. The van der Waals surface area contributed by atoms with E-state index in [1.54, 1.807) is 30.5 Å². The molecule has 1 aromatic heterocycles. The number of nitrogens with two attached hydrogens (primary N) is 1. The molecule has 8 heteroatoms. The number of primary amides is 1. The molecule has 2 aromatic carbocycles. The maximum absolute atomic E-state index is 11.8. The first-order valence-electron chi connectivity index (χ1n) is 9.56. The van der Waals surface area contributed by atoms with E-state index in [0.29, 0.717) is 36.0 Å². The Morgan fingerprint density at radius 1 is 1.14 bits per heavy atom. The first-order valence-corrected chi connectivity index (χ1v) is 9.56. The third-order valence-corrected chi connectivity index (χ3v) is 4.73. The number of fused-ring (bicyclic) bond motifs is 1. The molecule has 1 aliphatic rings. The molecule has 3 N–H and O–H groups in total. The number of aromatic amines is 1. The van der Waals surface area contributed by atoms with Gasteiger partial charge in [0.1, 0.15) is 23.9 Å². The second-order valence-electron chi connectivity index (χ2n) is 6.77. The third kappa shape index (κ3) is 4.85. The molecule has 1 fully saturated rings. The lowest BCUT2D eigenvalue weighted by molar-refractivity contribution is -0.0388. The number of amides is 1. The van der Waals surface area contributed by atoms with Crippen molar-refractivity contribution in [1.29, 1.82) is 0 Å². The minimum Gasteiger partial charge on any atom is -0.491 e. The Bertz CT molecular complexity index is 964. The summed E-state index contributed by atoms with van der Waals surface area (Å²) in [5.41, 5.74) is 6.54. The van der Waals surface area contributed by atoms with E-state index >= 15 is 0 Å². The highest BCUT2D eigenvalue weighted by Crippen LogP contribution is 2.30. The fourth-order valence-electron chi connectivity index (χ4n) is 3.20. The number of hydrogen-bond donors (Lipinski definition) is 2. The SMILES string of the molecule is NC(=O)c1cc2cn[nH]c2cc1Oc1ccc(OCCOC2CCOCC2)cc1. The van der Waals surface area contributed by atoms with Crippen LogP contribution >= 0.6 is 0 Å². The van der Waals surface area contributed by atoms with Gasteiger partial charge >= 0.3 is 0 Å². The minimum absolute atomic E-state index is 0.259. The van der Waals surface area contributed by atoms with Crippen LogP contribution in [-0.4, -0.2) is 48.6 Å². The van der Waals surface area contributed by atoms with Gasteiger partial charge in [-0.3, -0.25) is 9.89 Å². The smallest absolute Gasteiger partial charge is 0.252 e. The summed E-state index contributed by atoms with van der Waals surface area (Å²) in [6, 6.07) is 10.5. The predicted molar refractivity (Wildman–Crippen MR) is 106 cm³/mol. The van der Waals surface area contributed by atoms with E-state index in [9.17, 15) is 4.79 Å². The van der Waals surface area contributed by atoms with Gasteiger partial charge in [-0.15, -0.1) is 0 Å². The van der Waals surface area contributed by atoms with Crippen LogP contribution in [0.25, 0.3) is 10.9 Å². The van der Waals surface area contributed by atoms with Gasteiger partial charge in [-0.1, -0.05) is 0 Å². The van der Waals surface area contributed by atoms with Gasteiger partial charge in [-0.2, -0.15) is 5.10 Å². The Kier molecular flexibility index (Phi) is 5.92. The van der Waals surface area contributed by atoms with E-state index in [1.165, 1.54) is 0 Å². The van der Waals surface area contributed by atoms with Crippen LogP contribution in [0.15, 0.2) is 42.6 Å². The van der Waals surface area contributed by atoms with Crippen LogP contribution < -0.4 is 15.2 Å². The maximum atomic E-state index is 11.8. The average Bonchev–Trinajstić information content (AvgIpc) is 3.20. The number of H-pyrrole nitrogens is 1. The van der Waals surface area contributed by atoms with E-state index in [1.807, 2.05) is 12.1 Å². The quantitative estimate of drug-likeness (QED) is 0.566. The molecule has 0 bridgehead atoms. The molecule has 4 rings (SSSR count). The molecule has 0 spiro atoms. The molecular weight excluding hydrogens is 374 g/mol. The van der Waals surface area contributed by atoms with Crippen LogP contribution in [0.3, 0.4) is 0 Å². The Morgan fingerprint density at radius 3 is 2.66 bits per heavy atom. The van der Waals surface area contributed by atoms with E-state index in [4.69, 9.17) is 24.7 Å². The molecule has 2 heterocycles. The Hall–Kier alpha value is -3.10. The summed E-state index contributed by atoms with van der Waals surface area (Å²) in [4.78, 5) is 11.8. The van der Waals surface area contributed by atoms with Gasteiger partial charge in [0.05, 0.1) is 30.0 Å². The maximum Gasteiger partial charge on any atom is 0.252 e. The van der Waals surface area contributed by atoms with Crippen LogP contribution in [-0.2, 0) is 9.47 Å². The van der Waals surface area contributed by atoms with Crippen molar-refractivity contribution in [2.75, 3.05) is 26.4 Å². The first-order chi connectivity index (χ1) is 14.2. The topological polar surface area (TPSA) is 109 Å². The van der Waals surface area contributed by atoms with Crippen molar-refractivity contribution in [1.82, 2.24) is 10.2 Å². The van der Waals surface area contributed by atoms with Gasteiger partial charge in [-0.05, 0) is 43.2 Å². The number of ether oxygens (including phenoxy) is 4. The summed E-state index contributed by atoms with van der Waals surface area (Å²) in [5.74, 6) is 1.09. The molecule has 0 radical (unpaired) electrons. The zero-order valence-corrected chi connectivity index (χ0v) is 15.9. The van der Waals surface area contributed by atoms with Crippen LogP contribution in [0.2, 0.25) is 0 Å². The molecule has 1 amide bonds. The standard InChI is InChI=1S/C21H23N3O5/c22-21(25)18-11-14-13-23-24-19(14)12-20(18)29-17-3-1-15(2-4-17)27-9-10-28-16-5-7-26-8-6-16/h1-4,11-13,16H,5-10H2,(H2,22,25)(H,23,24). The van der Waals surface area contributed by atoms with Crippen LogP contribution in [0.1, 0.15) is 23.2 Å². The average molecular weight is 397 g/mol. The fourth-order valence-corrected chi connectivity index (χ4v) is 3.20. The van der Waals surface area contributed by atoms with Crippen molar-refractivity contribution >= 4 is 16.8 Å². The fraction of sp³-hybridized carbons (Fsp3) is 0.333. The largest absolute Gasteiger partial charge is 0.491 e. The lowest BCUT2D eigenvalue weighted by Gasteiger charge is -2.22. The molecule has 1 aliphatic heterocycles. The number of hydrogen-bond acceptors (Lipinski definition) is 6. The Labute approximate surface area is 167 Å². The molecule has 8 nitrogen and oxygen atoms in total. The van der Waals surface area contributed by atoms with Gasteiger partial charge < -0.3 is 24.7 Å². The van der Waals surface area contributed by atoms with Crippen molar-refractivity contribution in [2.24, 2.45) is 5.73 Å². The summed E-state index contributed by atoms with van der Waals surface area (Å²) >= 11 is 0. The van der Waals surface area contributed by atoms with Crippen molar-refractivity contribution in [2.45, 2.75) is 18.9 Å². The number of carbonyl (C=O) groups excluding carboxylic acids is 1. The lowest BCUT2D eigenvalue weighted by atomic mass is 10.1. The van der Waals surface area contributed by atoms with Gasteiger partial charge in [0.2, 0.25) is 0 Å². The number of rotatable bonds is 8. The van der Waals surface area contributed by atoms with Gasteiger partial charge in [0.25, 0.3) is 5.91 Å². The van der Waals surface area contributed by atoms with E-state index in [0.717, 1.165) is 37.0 Å². The summed E-state index contributed by atoms with van der Waals surface area (Å²) < 4.78 is 22.7. The zero-order valence-electron chi connectivity index (χ0n) is 15.9. The molecule has 1 saturated heterocycles. The molecule has 0 unspecified atom stereocenters. The van der Waals surface area contributed by atoms with Crippen molar-refractivity contribution < 1.29 is 23.7 Å². The second kappa shape index (κ2) is 8.93. The first kappa shape index (κ1) is 19.2. The lowest BCUT2D eigenvalue weighted by Crippen LogP contribution is -2.25. The molecule has 0 aliphatic carbocycles. The minimum atomic E-state index is -0.562. The van der Waals surface area contributed by atoms with Gasteiger partial charge in [0, 0.05) is 24.7 Å². The number of nitrogens with one attached hydrogen (secondary N) is 1. The highest BCUT2D eigenvalue weighted by Gasteiger charge is 2.14.